The van der Waals surface area contributed by atoms with E-state index < -0.39 is 5.41 Å². The standard InChI is InChI=1S/C47H60O4.C43H44O4/c1-5-9-17-33-25-37(26-34(18-10-6-2)45(33)50-31-39-29-48-39)47(43-23-15-13-21-41(43)42-22-14-16-24-44(42)47)38-27-35(19-11-7-3)46(51-32-40-30-49-40)36(28-38)20-12-8-4;1-5-13-29-21-33(22-30(14-6-2)41(29)46-27-35-25-44-35)43(39-19-11-9-17-37(39)38-18-10-12-20-40(38)43)34-23-31(15-7-3)42(32(24-34)16-8-4)47-28-36-26-45-36/h13-16,21-28,39-41,43H,5-12,17-20,29-32H2,1-4H3;5-12,17-24,35-37,39H,1-4,13-16,25-28H2. The zero-order valence-electron chi connectivity index (χ0n) is 58.8. The lowest BCUT2D eigenvalue weighted by Gasteiger charge is -2.40. The van der Waals surface area contributed by atoms with E-state index in [1.807, 2.05) is 24.3 Å². The first-order valence-electron chi connectivity index (χ1n) is 37.2. The molecule has 4 saturated heterocycles. The van der Waals surface area contributed by atoms with Crippen LogP contribution >= 0.6 is 0 Å². The second kappa shape index (κ2) is 31.6. The summed E-state index contributed by atoms with van der Waals surface area (Å²) in [6.07, 6.45) is 43.4. The monoisotopic (exact) mass is 1310 g/mol. The van der Waals surface area contributed by atoms with Gasteiger partial charge in [0.1, 0.15) is 73.8 Å². The van der Waals surface area contributed by atoms with E-state index in [2.05, 4.69) is 200 Å². The molecular weight excluding hydrogens is 1210 g/mol. The van der Waals surface area contributed by atoms with Gasteiger partial charge in [0.2, 0.25) is 0 Å². The molecule has 0 bridgehead atoms. The number of rotatable bonds is 36. The molecule has 4 aliphatic heterocycles. The van der Waals surface area contributed by atoms with E-state index >= 15 is 0 Å². The number of aryl methyl sites for hydroxylation is 4. The number of hydrogen-bond donors (Lipinski definition) is 0. The number of allylic oxidation sites excluding steroid dienone is 12. The molecule has 8 unspecified atom stereocenters. The third-order valence-corrected chi connectivity index (χ3v) is 21.5. The van der Waals surface area contributed by atoms with Crippen molar-refractivity contribution in [1.82, 2.24) is 0 Å². The van der Waals surface area contributed by atoms with Gasteiger partial charge in [-0.25, -0.2) is 0 Å². The first kappa shape index (κ1) is 68.8. The van der Waals surface area contributed by atoms with E-state index in [1.54, 1.807) is 0 Å². The molecule has 0 amide bonds. The van der Waals surface area contributed by atoms with E-state index in [1.165, 1.54) is 66.8 Å². The van der Waals surface area contributed by atoms with E-state index in [0.29, 0.717) is 58.0 Å². The fourth-order valence-electron chi connectivity index (χ4n) is 16.5. The molecule has 6 aromatic carbocycles. The Labute approximate surface area is 585 Å². The molecule has 512 valence electrons. The van der Waals surface area contributed by atoms with Crippen LogP contribution in [0.25, 0.3) is 0 Å². The van der Waals surface area contributed by atoms with Crippen LogP contribution in [0, 0.1) is 11.8 Å². The summed E-state index contributed by atoms with van der Waals surface area (Å²) in [4.78, 5) is 0. The highest BCUT2D eigenvalue weighted by Gasteiger charge is 2.55. The zero-order chi connectivity index (χ0) is 67.6. The van der Waals surface area contributed by atoms with Crippen molar-refractivity contribution in [3.05, 3.63) is 285 Å². The molecule has 8 nitrogen and oxygen atoms in total. The topological polar surface area (TPSA) is 87.0 Å². The average Bonchev–Trinajstić information content (AvgIpc) is 1.44. The minimum absolute atomic E-state index is 0.157. The highest BCUT2D eigenvalue weighted by atomic mass is 16.6. The molecular formula is C90H104O8. The minimum Gasteiger partial charge on any atom is -0.490 e. The predicted octanol–water partition coefficient (Wildman–Crippen LogP) is 19.1. The molecule has 0 radical (unpaired) electrons. The second-order valence-electron chi connectivity index (χ2n) is 28.4. The van der Waals surface area contributed by atoms with E-state index in [0.717, 1.165) is 149 Å². The molecule has 6 aromatic rings. The van der Waals surface area contributed by atoms with Crippen molar-refractivity contribution in [2.24, 2.45) is 11.8 Å². The van der Waals surface area contributed by atoms with Crippen molar-refractivity contribution >= 4 is 0 Å². The summed E-state index contributed by atoms with van der Waals surface area (Å²) in [7, 11) is 0. The largest absolute Gasteiger partial charge is 0.490 e. The van der Waals surface area contributed by atoms with Gasteiger partial charge in [0.25, 0.3) is 0 Å². The second-order valence-corrected chi connectivity index (χ2v) is 28.4. The average molecular weight is 1310 g/mol. The molecule has 98 heavy (non-hydrogen) atoms. The van der Waals surface area contributed by atoms with E-state index in [-0.39, 0.29) is 47.6 Å². The summed E-state index contributed by atoms with van der Waals surface area (Å²) in [5, 5.41) is 0. The normalized spacial score (nSPS) is 24.3. The van der Waals surface area contributed by atoms with Crippen LogP contribution in [0.1, 0.15) is 180 Å². The van der Waals surface area contributed by atoms with Gasteiger partial charge in [0.05, 0.1) is 37.3 Å². The van der Waals surface area contributed by atoms with Gasteiger partial charge < -0.3 is 37.9 Å². The van der Waals surface area contributed by atoms with E-state index in [4.69, 9.17) is 37.9 Å². The number of ether oxygens (including phenoxy) is 8. The van der Waals surface area contributed by atoms with Gasteiger partial charge in [-0.05, 0) is 166 Å². The summed E-state index contributed by atoms with van der Waals surface area (Å²) < 4.78 is 48.7. The minimum atomic E-state index is -0.490. The van der Waals surface area contributed by atoms with Crippen LogP contribution in [0.2, 0.25) is 0 Å². The number of benzene rings is 6. The molecule has 4 heterocycles. The van der Waals surface area contributed by atoms with Crippen LogP contribution in [-0.2, 0) is 81.1 Å². The van der Waals surface area contributed by atoms with Crippen molar-refractivity contribution in [1.29, 1.82) is 0 Å². The van der Waals surface area contributed by atoms with Gasteiger partial charge in [0.15, 0.2) is 0 Å². The maximum absolute atomic E-state index is 6.74. The molecule has 0 N–H and O–H groups in total. The Morgan fingerprint density at radius 3 is 0.888 bits per heavy atom. The van der Waals surface area contributed by atoms with Crippen LogP contribution < -0.4 is 18.9 Å². The van der Waals surface area contributed by atoms with Crippen molar-refractivity contribution < 1.29 is 37.9 Å². The SMILES string of the molecule is C=CCc1cc(C2(c3cc(CC=C)c(OCC4CO4)c(CC=C)c3)c3ccccc3C3C=CC=CC32)cc(CC=C)c1OCC1CO1.CCCCc1cc(C2(c3cc(CCCC)c(OCC4CO4)c(CCCC)c3)c3ccccc3C3C=CC=CC32)cc(CCCC)c1OCC1CO1. The first-order valence-corrected chi connectivity index (χ1v) is 37.2. The van der Waals surface area contributed by atoms with Gasteiger partial charge in [-0.2, -0.15) is 0 Å². The first-order chi connectivity index (χ1) is 48.2. The Morgan fingerprint density at radius 2 is 0.622 bits per heavy atom. The number of unbranched alkanes of at least 4 members (excludes halogenated alkanes) is 4. The Kier molecular flexibility index (Phi) is 22.2. The van der Waals surface area contributed by atoms with Crippen molar-refractivity contribution in [2.45, 2.75) is 178 Å². The smallest absolute Gasteiger partial charge is 0.126 e. The molecule has 0 saturated carbocycles. The van der Waals surface area contributed by atoms with Crippen molar-refractivity contribution in [3.8, 4) is 23.0 Å². The Bertz CT molecular complexity index is 3660. The Balaban J connectivity index is 0.000000177. The molecule has 8 heteroatoms. The lowest BCUT2D eigenvalue weighted by molar-refractivity contribution is 0.258. The summed E-state index contributed by atoms with van der Waals surface area (Å²) in [5.41, 5.74) is 20.0. The van der Waals surface area contributed by atoms with Crippen LogP contribution in [0.5, 0.6) is 23.0 Å². The molecule has 0 aromatic heterocycles. The maximum atomic E-state index is 6.74. The fourth-order valence-corrected chi connectivity index (χ4v) is 16.5. The highest BCUT2D eigenvalue weighted by molar-refractivity contribution is 5.69. The van der Waals surface area contributed by atoms with Crippen molar-refractivity contribution in [2.75, 3.05) is 52.9 Å². The lowest BCUT2D eigenvalue weighted by atomic mass is 9.62. The van der Waals surface area contributed by atoms with Gasteiger partial charge in [-0.3, -0.25) is 0 Å². The van der Waals surface area contributed by atoms with Gasteiger partial charge in [0, 0.05) is 23.7 Å². The van der Waals surface area contributed by atoms with Gasteiger partial charge in [-0.1, -0.05) is 223 Å². The summed E-state index contributed by atoms with van der Waals surface area (Å²) >= 11 is 0. The summed E-state index contributed by atoms with van der Waals surface area (Å²) in [6, 6.07) is 38.1. The van der Waals surface area contributed by atoms with Gasteiger partial charge in [-0.15, -0.1) is 26.3 Å². The quantitative estimate of drug-likeness (QED) is 0.0284. The van der Waals surface area contributed by atoms with Crippen LogP contribution in [0.4, 0.5) is 0 Å². The Morgan fingerprint density at radius 1 is 0.367 bits per heavy atom. The molecule has 14 rings (SSSR count). The lowest BCUT2D eigenvalue weighted by Crippen LogP contribution is -2.36. The number of epoxide rings is 4. The van der Waals surface area contributed by atoms with Crippen LogP contribution in [0.15, 0.2) is 196 Å². The summed E-state index contributed by atoms with van der Waals surface area (Å²) in [6.45, 7) is 31.2. The molecule has 8 atom stereocenters. The molecule has 0 spiro atoms. The van der Waals surface area contributed by atoms with Gasteiger partial charge >= 0.3 is 0 Å². The van der Waals surface area contributed by atoms with Crippen LogP contribution in [-0.4, -0.2) is 77.3 Å². The van der Waals surface area contributed by atoms with Crippen LogP contribution in [0.3, 0.4) is 0 Å². The third kappa shape index (κ3) is 14.4. The highest BCUT2D eigenvalue weighted by Crippen LogP contribution is 2.63. The van der Waals surface area contributed by atoms with Crippen molar-refractivity contribution in [3.63, 3.8) is 0 Å². The Hall–Kier alpha value is -7.72. The number of hydrogen-bond acceptors (Lipinski definition) is 8. The summed E-state index contributed by atoms with van der Waals surface area (Å²) in [5.74, 6) is 5.04. The predicted molar refractivity (Wildman–Crippen MR) is 398 cm³/mol. The number of fused-ring (bicyclic) bond motifs is 6. The third-order valence-electron chi connectivity index (χ3n) is 21.5. The molecule has 8 aliphatic rings. The molecule has 4 fully saturated rings. The maximum Gasteiger partial charge on any atom is 0.126 e. The van der Waals surface area contributed by atoms with E-state index in [9.17, 15) is 0 Å². The molecule has 4 aliphatic carbocycles. The fraction of sp³-hybridized carbons (Fsp3) is 0.422. The zero-order valence-corrected chi connectivity index (χ0v) is 58.8.